The topological polar surface area (TPSA) is 3.24 Å². The zero-order valence-electron chi connectivity index (χ0n) is 6.77. The number of alkyl halides is 1. The van der Waals surface area contributed by atoms with Gasteiger partial charge in [0.2, 0.25) is 0 Å². The first-order chi connectivity index (χ1) is 4.35. The first-order valence-electron chi connectivity index (χ1n) is 3.63. The van der Waals surface area contributed by atoms with Crippen molar-refractivity contribution < 1.29 is 0 Å². The van der Waals surface area contributed by atoms with E-state index in [1.54, 1.807) is 0 Å². The van der Waals surface area contributed by atoms with E-state index in [1.165, 1.54) is 12.8 Å². The van der Waals surface area contributed by atoms with Crippen LogP contribution in [0.25, 0.3) is 0 Å². The molecule has 1 nitrogen and oxygen atoms in total. The Morgan fingerprint density at radius 1 is 1.10 bits per heavy atom. The van der Waals surface area contributed by atoms with Gasteiger partial charge in [0.15, 0.2) is 0 Å². The van der Waals surface area contributed by atoms with Crippen molar-refractivity contribution >= 4 is 24.0 Å². The van der Waals surface area contributed by atoms with Gasteiger partial charge in [-0.05, 0) is 25.9 Å². The molecule has 3 heteroatoms. The lowest BCUT2D eigenvalue weighted by atomic mass is 10.4. The normalized spacial score (nSPS) is 9.60. The quantitative estimate of drug-likeness (QED) is 0.471. The molecule has 0 saturated heterocycles. The number of halogens is 2. The first kappa shape index (κ1) is 13.2. The number of hydrogen-bond donors (Lipinski definition) is 0. The van der Waals surface area contributed by atoms with E-state index in [4.69, 9.17) is 11.6 Å². The van der Waals surface area contributed by atoms with Crippen LogP contribution in [0, 0.1) is 0 Å². The van der Waals surface area contributed by atoms with Gasteiger partial charge in [0.05, 0.1) is 6.00 Å². The van der Waals surface area contributed by atoms with Gasteiger partial charge in [-0.25, -0.2) is 0 Å². The van der Waals surface area contributed by atoms with Crippen molar-refractivity contribution in [1.82, 2.24) is 4.90 Å². The summed E-state index contributed by atoms with van der Waals surface area (Å²) in [5.41, 5.74) is 0. The summed E-state index contributed by atoms with van der Waals surface area (Å²) in [7, 11) is 0. The minimum absolute atomic E-state index is 0. The van der Waals surface area contributed by atoms with Crippen LogP contribution < -0.4 is 0 Å². The van der Waals surface area contributed by atoms with Gasteiger partial charge in [0.1, 0.15) is 0 Å². The van der Waals surface area contributed by atoms with E-state index in [1.807, 2.05) is 0 Å². The SMILES string of the molecule is CCCN(CCl)CCC.Cl. The Labute approximate surface area is 75.1 Å². The fourth-order valence-corrected chi connectivity index (χ4v) is 1.10. The van der Waals surface area contributed by atoms with Gasteiger partial charge in [0.25, 0.3) is 0 Å². The molecule has 0 radical (unpaired) electrons. The molecule has 0 aliphatic carbocycles. The molecule has 0 spiro atoms. The average molecular weight is 186 g/mol. The second-order valence-corrected chi connectivity index (χ2v) is 2.48. The highest BCUT2D eigenvalue weighted by molar-refractivity contribution is 6.17. The maximum absolute atomic E-state index is 5.65. The van der Waals surface area contributed by atoms with Crippen LogP contribution in [0.5, 0.6) is 0 Å². The minimum atomic E-state index is 0. The predicted molar refractivity (Wildman–Crippen MR) is 50.1 cm³/mol. The zero-order valence-corrected chi connectivity index (χ0v) is 8.34. The average Bonchev–Trinajstić information content (AvgIpc) is 1.88. The van der Waals surface area contributed by atoms with Gasteiger partial charge in [-0.15, -0.1) is 24.0 Å². The number of hydrogen-bond acceptors (Lipinski definition) is 1. The lowest BCUT2D eigenvalue weighted by molar-refractivity contribution is 0.319. The van der Waals surface area contributed by atoms with Crippen molar-refractivity contribution in [2.75, 3.05) is 19.1 Å². The van der Waals surface area contributed by atoms with Gasteiger partial charge in [-0.3, -0.25) is 4.90 Å². The van der Waals surface area contributed by atoms with Crippen molar-refractivity contribution in [3.63, 3.8) is 0 Å². The van der Waals surface area contributed by atoms with Crippen LogP contribution in [-0.4, -0.2) is 24.0 Å². The summed E-state index contributed by atoms with van der Waals surface area (Å²) in [6, 6.07) is 0.682. The molecule has 0 aromatic carbocycles. The summed E-state index contributed by atoms with van der Waals surface area (Å²) >= 11 is 5.65. The van der Waals surface area contributed by atoms with E-state index in [0.717, 1.165) is 13.1 Å². The van der Waals surface area contributed by atoms with Gasteiger partial charge >= 0.3 is 0 Å². The molecule has 0 bridgehead atoms. The molecular formula is C7H17Cl2N. The highest BCUT2D eigenvalue weighted by atomic mass is 35.5. The van der Waals surface area contributed by atoms with Crippen molar-refractivity contribution in [3.8, 4) is 0 Å². The molecular weight excluding hydrogens is 169 g/mol. The summed E-state index contributed by atoms with van der Waals surface area (Å²) < 4.78 is 0. The Morgan fingerprint density at radius 3 is 1.70 bits per heavy atom. The zero-order chi connectivity index (χ0) is 7.11. The monoisotopic (exact) mass is 185 g/mol. The Balaban J connectivity index is 0. The molecule has 0 fully saturated rings. The number of nitrogens with zero attached hydrogens (tertiary/aromatic N) is 1. The fraction of sp³-hybridized carbons (Fsp3) is 1.00. The minimum Gasteiger partial charge on any atom is -0.290 e. The van der Waals surface area contributed by atoms with Gasteiger partial charge in [0, 0.05) is 0 Å². The van der Waals surface area contributed by atoms with Gasteiger partial charge < -0.3 is 0 Å². The molecule has 0 N–H and O–H groups in total. The number of rotatable bonds is 5. The van der Waals surface area contributed by atoms with Crippen LogP contribution in [0.4, 0.5) is 0 Å². The maximum atomic E-state index is 5.65. The van der Waals surface area contributed by atoms with E-state index < -0.39 is 0 Å². The van der Waals surface area contributed by atoms with E-state index in [-0.39, 0.29) is 12.4 Å². The van der Waals surface area contributed by atoms with E-state index >= 15 is 0 Å². The van der Waals surface area contributed by atoms with E-state index in [0.29, 0.717) is 6.00 Å². The molecule has 0 aliphatic heterocycles. The third-order valence-corrected chi connectivity index (χ3v) is 1.59. The Kier molecular flexibility index (Phi) is 12.5. The van der Waals surface area contributed by atoms with Crippen LogP contribution in [-0.2, 0) is 0 Å². The lowest BCUT2D eigenvalue weighted by Crippen LogP contribution is -2.23. The molecule has 10 heavy (non-hydrogen) atoms. The molecule has 0 rings (SSSR count). The van der Waals surface area contributed by atoms with Crippen molar-refractivity contribution in [2.45, 2.75) is 26.7 Å². The maximum Gasteiger partial charge on any atom is 0.0738 e. The molecule has 0 atom stereocenters. The predicted octanol–water partition coefficient (Wildman–Crippen LogP) is 2.73. The molecule has 0 amide bonds. The summed E-state index contributed by atoms with van der Waals surface area (Å²) in [5, 5.41) is 0. The molecule has 0 saturated carbocycles. The van der Waals surface area contributed by atoms with Crippen LogP contribution in [0.2, 0.25) is 0 Å². The summed E-state index contributed by atoms with van der Waals surface area (Å²) in [4.78, 5) is 2.25. The third-order valence-electron chi connectivity index (χ3n) is 1.25. The highest BCUT2D eigenvalue weighted by Gasteiger charge is 1.97. The van der Waals surface area contributed by atoms with Crippen LogP contribution in [0.15, 0.2) is 0 Å². The first-order valence-corrected chi connectivity index (χ1v) is 4.16. The lowest BCUT2D eigenvalue weighted by Gasteiger charge is -2.16. The van der Waals surface area contributed by atoms with Gasteiger partial charge in [-0.1, -0.05) is 13.8 Å². The summed E-state index contributed by atoms with van der Waals surface area (Å²) in [5.74, 6) is 0. The fourth-order valence-electron chi connectivity index (χ4n) is 0.864. The molecule has 0 heterocycles. The Bertz CT molecular complexity index is 53.6. The second kappa shape index (κ2) is 9.54. The van der Waals surface area contributed by atoms with Crippen LogP contribution in [0.1, 0.15) is 26.7 Å². The molecule has 0 aliphatic rings. The van der Waals surface area contributed by atoms with Crippen molar-refractivity contribution in [1.29, 1.82) is 0 Å². The highest BCUT2D eigenvalue weighted by Crippen LogP contribution is 1.94. The molecule has 64 valence electrons. The van der Waals surface area contributed by atoms with Crippen molar-refractivity contribution in [3.05, 3.63) is 0 Å². The molecule has 0 aromatic rings. The summed E-state index contributed by atoms with van der Waals surface area (Å²) in [6.07, 6.45) is 2.40. The largest absolute Gasteiger partial charge is 0.290 e. The Hall–Kier alpha value is 0.540. The van der Waals surface area contributed by atoms with Crippen LogP contribution >= 0.6 is 24.0 Å². The van der Waals surface area contributed by atoms with E-state index in [9.17, 15) is 0 Å². The van der Waals surface area contributed by atoms with Gasteiger partial charge in [-0.2, -0.15) is 0 Å². The van der Waals surface area contributed by atoms with E-state index in [2.05, 4.69) is 18.7 Å². The molecule has 0 aromatic heterocycles. The standard InChI is InChI=1S/C7H16ClN.ClH/c1-3-5-9(7-8)6-4-2;/h3-7H2,1-2H3;1H. The van der Waals surface area contributed by atoms with Crippen molar-refractivity contribution in [2.24, 2.45) is 0 Å². The summed E-state index contributed by atoms with van der Waals surface area (Å²) in [6.45, 7) is 6.62. The smallest absolute Gasteiger partial charge is 0.0738 e. The van der Waals surface area contributed by atoms with Crippen LogP contribution in [0.3, 0.4) is 0 Å². The third kappa shape index (κ3) is 6.66. The second-order valence-electron chi connectivity index (χ2n) is 2.24. The molecule has 0 unspecified atom stereocenters. The Morgan fingerprint density at radius 2 is 1.50 bits per heavy atom.